The highest BCUT2D eigenvalue weighted by Crippen LogP contribution is 2.33. The monoisotopic (exact) mass is 509 g/mol. The molecule has 0 radical (unpaired) electrons. The molecule has 10 heteroatoms. The van der Waals surface area contributed by atoms with Crippen LogP contribution in [0.25, 0.3) is 0 Å². The lowest BCUT2D eigenvalue weighted by atomic mass is 9.92. The molecule has 1 heterocycles. The lowest BCUT2D eigenvalue weighted by molar-refractivity contribution is -0.155. The Morgan fingerprint density at radius 1 is 1.24 bits per heavy atom. The summed E-state index contributed by atoms with van der Waals surface area (Å²) >= 11 is 11.6. The van der Waals surface area contributed by atoms with Gasteiger partial charge in [0.2, 0.25) is 0 Å². The number of hydrogen-bond acceptors (Lipinski definition) is 6. The summed E-state index contributed by atoms with van der Waals surface area (Å²) in [7, 11) is 0. The van der Waals surface area contributed by atoms with Gasteiger partial charge in [0.1, 0.15) is 12.4 Å². The van der Waals surface area contributed by atoms with Gasteiger partial charge in [-0.1, -0.05) is 29.8 Å². The second kappa shape index (κ2) is 10.4. The molecule has 0 spiro atoms. The maximum Gasteiger partial charge on any atom is 0.311 e. The van der Waals surface area contributed by atoms with Crippen LogP contribution in [0.5, 0.6) is 0 Å². The normalized spacial score (nSPS) is 16.1. The Morgan fingerprint density at radius 3 is 2.53 bits per heavy atom. The van der Waals surface area contributed by atoms with Crippen molar-refractivity contribution in [3.05, 3.63) is 58.4 Å². The number of rotatable bonds is 6. The van der Waals surface area contributed by atoms with Crippen LogP contribution in [0.3, 0.4) is 0 Å². The van der Waals surface area contributed by atoms with Crippen molar-refractivity contribution < 1.29 is 23.4 Å². The highest BCUT2D eigenvalue weighted by atomic mass is 35.5. The zero-order valence-corrected chi connectivity index (χ0v) is 21.1. The van der Waals surface area contributed by atoms with Gasteiger partial charge < -0.3 is 30.6 Å². The molecule has 0 saturated carbocycles. The van der Waals surface area contributed by atoms with E-state index < -0.39 is 23.1 Å². The number of para-hydroxylation sites is 1. The van der Waals surface area contributed by atoms with Gasteiger partial charge in [-0.25, -0.2) is 4.39 Å². The van der Waals surface area contributed by atoms with Crippen molar-refractivity contribution in [1.82, 2.24) is 5.32 Å². The number of benzene rings is 2. The molecule has 1 fully saturated rings. The fraction of sp³-hybridized carbons (Fsp3) is 0.417. The Balaban J connectivity index is 1.83. The molecule has 7 nitrogen and oxygen atoms in total. The predicted molar refractivity (Wildman–Crippen MR) is 134 cm³/mol. The number of hydrogen-bond donors (Lipinski definition) is 3. The Bertz CT molecular complexity index is 1070. The minimum Gasteiger partial charge on any atom is -0.462 e. The van der Waals surface area contributed by atoms with E-state index in [9.17, 15) is 9.18 Å². The highest BCUT2D eigenvalue weighted by Gasteiger charge is 2.33. The summed E-state index contributed by atoms with van der Waals surface area (Å²) in [6.45, 7) is 7.96. The lowest BCUT2D eigenvalue weighted by Gasteiger charge is -2.33. The van der Waals surface area contributed by atoms with Gasteiger partial charge in [0.05, 0.1) is 40.6 Å². The molecule has 1 atom stereocenters. The van der Waals surface area contributed by atoms with Gasteiger partial charge in [-0.3, -0.25) is 4.79 Å². The number of nitrogens with one attached hydrogen (secondary N) is 2. The van der Waals surface area contributed by atoms with E-state index in [1.54, 1.807) is 39.8 Å². The van der Waals surface area contributed by atoms with E-state index in [4.69, 9.17) is 43.8 Å². The first kappa shape index (κ1) is 26.2. The quantitative estimate of drug-likeness (QED) is 0.287. The van der Waals surface area contributed by atoms with Crippen molar-refractivity contribution in [3.63, 3.8) is 0 Å². The predicted octanol–water partition coefficient (Wildman–Crippen LogP) is 4.90. The summed E-state index contributed by atoms with van der Waals surface area (Å²) < 4.78 is 30.5. The summed E-state index contributed by atoms with van der Waals surface area (Å²) in [6.07, 6.45) is -0.535. The number of ether oxygens (including phenoxy) is 3. The molecule has 1 aliphatic rings. The summed E-state index contributed by atoms with van der Waals surface area (Å²) in [6, 6.07) is 9.69. The third kappa shape index (κ3) is 6.15. The average molecular weight is 510 g/mol. The van der Waals surface area contributed by atoms with E-state index in [0.29, 0.717) is 35.7 Å². The number of esters is 1. The molecular formula is C24H29ClFN3O4S. The molecule has 3 rings (SSSR count). The van der Waals surface area contributed by atoms with Crippen LogP contribution in [0, 0.1) is 11.2 Å². The molecule has 184 valence electrons. The molecule has 1 aliphatic heterocycles. The van der Waals surface area contributed by atoms with E-state index in [1.165, 1.54) is 12.1 Å². The van der Waals surface area contributed by atoms with Crippen LogP contribution in [-0.4, -0.2) is 30.9 Å². The molecular weight excluding hydrogens is 481 g/mol. The van der Waals surface area contributed by atoms with Crippen molar-refractivity contribution in [3.8, 4) is 0 Å². The van der Waals surface area contributed by atoms with Gasteiger partial charge in [-0.15, -0.1) is 0 Å². The maximum absolute atomic E-state index is 13.8. The molecule has 4 N–H and O–H groups in total. The zero-order valence-electron chi connectivity index (χ0n) is 19.5. The number of thiocarbonyl (C=S) groups is 1. The first-order valence-electron chi connectivity index (χ1n) is 10.7. The first-order chi connectivity index (χ1) is 15.9. The molecule has 1 unspecified atom stereocenters. The number of nitrogens with two attached hydrogens (primary N) is 1. The van der Waals surface area contributed by atoms with Gasteiger partial charge in [-0.2, -0.15) is 0 Å². The van der Waals surface area contributed by atoms with Crippen LogP contribution in [0.2, 0.25) is 5.02 Å². The molecule has 2 aromatic rings. The standard InChI is InChI=1S/C24H29ClFN3O4S/c1-23(2,3)21(30)33-13-24(4,14-8-9-17(26)16(25)12-14)29-22(34)28-18-7-5-6-15(19(18)27)20-31-10-11-32-20/h5-9,12,20H,10-11,13,27H2,1-4H3,(H2,28,29,34). The van der Waals surface area contributed by atoms with Gasteiger partial charge >= 0.3 is 5.97 Å². The molecule has 0 aliphatic carbocycles. The lowest BCUT2D eigenvalue weighted by Crippen LogP contribution is -2.49. The Kier molecular flexibility index (Phi) is 8.02. The van der Waals surface area contributed by atoms with Crippen molar-refractivity contribution in [2.24, 2.45) is 5.41 Å². The smallest absolute Gasteiger partial charge is 0.311 e. The van der Waals surface area contributed by atoms with Crippen molar-refractivity contribution in [2.75, 3.05) is 30.9 Å². The van der Waals surface area contributed by atoms with Gasteiger partial charge in [0.15, 0.2) is 11.4 Å². The van der Waals surface area contributed by atoms with Crippen molar-refractivity contribution in [1.29, 1.82) is 0 Å². The number of carbonyl (C=O) groups excluding carboxylic acids is 1. The maximum atomic E-state index is 13.8. The Labute approximate surface area is 209 Å². The molecule has 0 bridgehead atoms. The van der Waals surface area contributed by atoms with Gasteiger partial charge in [0.25, 0.3) is 0 Å². The minimum absolute atomic E-state index is 0.0555. The Morgan fingerprint density at radius 2 is 1.91 bits per heavy atom. The zero-order chi connectivity index (χ0) is 25.1. The Hall–Kier alpha value is -2.46. The number of carbonyl (C=O) groups is 1. The third-order valence-electron chi connectivity index (χ3n) is 5.31. The van der Waals surface area contributed by atoms with E-state index in [-0.39, 0.29) is 22.7 Å². The molecule has 1 saturated heterocycles. The van der Waals surface area contributed by atoms with Crippen molar-refractivity contribution >= 4 is 46.3 Å². The second-order valence-electron chi connectivity index (χ2n) is 9.25. The summed E-state index contributed by atoms with van der Waals surface area (Å²) in [5, 5.41) is 6.41. The number of halogens is 2. The molecule has 0 aromatic heterocycles. The van der Waals surface area contributed by atoms with E-state index in [0.717, 1.165) is 0 Å². The number of anilines is 2. The van der Waals surface area contributed by atoms with Crippen LogP contribution < -0.4 is 16.4 Å². The average Bonchev–Trinajstić information content (AvgIpc) is 3.29. The number of nitrogen functional groups attached to an aromatic ring is 1. The van der Waals surface area contributed by atoms with E-state index >= 15 is 0 Å². The summed E-state index contributed by atoms with van der Waals surface area (Å²) in [5.41, 5.74) is 6.88. The SMILES string of the molecule is CC(C)(C)C(=O)OCC(C)(NC(=S)Nc1cccc(C2OCCO2)c1N)c1ccc(F)c(Cl)c1. The summed E-state index contributed by atoms with van der Waals surface area (Å²) in [5.74, 6) is -0.942. The third-order valence-corrected chi connectivity index (χ3v) is 5.81. The van der Waals surface area contributed by atoms with Crippen LogP contribution in [-0.2, 0) is 24.5 Å². The van der Waals surface area contributed by atoms with E-state index in [2.05, 4.69) is 10.6 Å². The highest BCUT2D eigenvalue weighted by molar-refractivity contribution is 7.80. The van der Waals surface area contributed by atoms with Crippen molar-refractivity contribution in [2.45, 2.75) is 39.5 Å². The summed E-state index contributed by atoms with van der Waals surface area (Å²) in [4.78, 5) is 12.4. The van der Waals surface area contributed by atoms with Gasteiger partial charge in [-0.05, 0) is 63.7 Å². The fourth-order valence-corrected chi connectivity index (χ4v) is 3.81. The largest absolute Gasteiger partial charge is 0.462 e. The topological polar surface area (TPSA) is 94.8 Å². The fourth-order valence-electron chi connectivity index (χ4n) is 3.30. The van der Waals surface area contributed by atoms with Gasteiger partial charge in [0, 0.05) is 5.56 Å². The molecule has 34 heavy (non-hydrogen) atoms. The van der Waals surface area contributed by atoms with Crippen LogP contribution in [0.15, 0.2) is 36.4 Å². The molecule has 2 aromatic carbocycles. The van der Waals surface area contributed by atoms with E-state index in [1.807, 2.05) is 12.1 Å². The first-order valence-corrected chi connectivity index (χ1v) is 11.5. The molecule has 0 amide bonds. The second-order valence-corrected chi connectivity index (χ2v) is 10.1. The van der Waals surface area contributed by atoms with Crippen LogP contribution in [0.1, 0.15) is 45.1 Å². The minimum atomic E-state index is -1.02. The van der Waals surface area contributed by atoms with Crippen LogP contribution in [0.4, 0.5) is 15.8 Å². The van der Waals surface area contributed by atoms with Crippen LogP contribution >= 0.6 is 23.8 Å².